The van der Waals surface area contributed by atoms with E-state index in [0.717, 1.165) is 21.6 Å². The number of carbonyl (C=O) groups is 9. The molecule has 0 radical (unpaired) electrons. The van der Waals surface area contributed by atoms with E-state index >= 15 is 0 Å². The lowest BCUT2D eigenvalue weighted by Crippen LogP contribution is -2.63. The second-order valence-electron chi connectivity index (χ2n) is 18.0. The average Bonchev–Trinajstić information content (AvgIpc) is 3.30. The minimum absolute atomic E-state index is 0.00176. The predicted octanol–water partition coefficient (Wildman–Crippen LogP) is -3.71. The standard InChI is InChI=1S/C45H75N15O11S2/c1-7-23(4)34-42(70)60-35(24(5)61)43(71)55-29(11-9-17-52-45(49)50)38(66)58-33(21-73-72-20-32(53-25(6)62)40(68)57-31(18-22(2)3)39(67)59-34)41(69)54-28(10-8-16-51-44(47)48)37(65)56-30(36(46)64)19-26-12-14-27(63)15-13-26/h12-15,22-24,28-35,61,63H,7-11,16-21H2,1-6H3,(H2,46,64)(H,53,62)(H,54,69)(H,55,71)(H,56,65)(H,57,68)(H,58,66)(H,59,67)(H,60,70)(H4,47,48,51)(H4,49,50,52)/t23-,24+,28-,29?,30-,31-,32+,33+,34-,35-/m0/s1. The smallest absolute Gasteiger partial charge is 0.245 e. The number of hydrogen-bond donors (Lipinski definition) is 15. The highest BCUT2D eigenvalue weighted by Gasteiger charge is 2.37. The van der Waals surface area contributed by atoms with Crippen molar-refractivity contribution >= 4 is 86.7 Å². The van der Waals surface area contributed by atoms with Crippen molar-refractivity contribution in [1.82, 2.24) is 42.5 Å². The number of rotatable bonds is 21. The van der Waals surface area contributed by atoms with Crippen LogP contribution in [0.5, 0.6) is 5.75 Å². The molecular weight excluding hydrogens is 991 g/mol. The summed E-state index contributed by atoms with van der Waals surface area (Å²) >= 11 is 0. The zero-order chi connectivity index (χ0) is 54.9. The Morgan fingerprint density at radius 1 is 0.726 bits per heavy atom. The van der Waals surface area contributed by atoms with Gasteiger partial charge in [0.05, 0.1) is 6.10 Å². The maximum atomic E-state index is 14.5. The summed E-state index contributed by atoms with van der Waals surface area (Å²) in [5, 5.41) is 41.5. The van der Waals surface area contributed by atoms with E-state index in [1.165, 1.54) is 38.1 Å². The molecule has 1 aliphatic heterocycles. The first-order valence-corrected chi connectivity index (χ1v) is 26.3. The van der Waals surface area contributed by atoms with Crippen LogP contribution in [0.1, 0.15) is 85.6 Å². The summed E-state index contributed by atoms with van der Waals surface area (Å²) in [7, 11) is 2.01. The summed E-state index contributed by atoms with van der Waals surface area (Å²) in [4.78, 5) is 132. The summed E-state index contributed by atoms with van der Waals surface area (Å²) in [5.74, 6) is -9.10. The van der Waals surface area contributed by atoms with Crippen molar-refractivity contribution in [2.24, 2.45) is 50.5 Å². The number of nitrogens with zero attached hydrogens (tertiary/aromatic N) is 2. The summed E-state index contributed by atoms with van der Waals surface area (Å²) in [6.45, 7) is 9.54. The first kappa shape index (κ1) is 62.6. The quantitative estimate of drug-likeness (QED) is 0.0244. The van der Waals surface area contributed by atoms with E-state index in [2.05, 4.69) is 52.5 Å². The van der Waals surface area contributed by atoms with Crippen LogP contribution in [-0.2, 0) is 49.6 Å². The Morgan fingerprint density at radius 2 is 1.29 bits per heavy atom. The Bertz CT molecular complexity index is 2110. The van der Waals surface area contributed by atoms with Gasteiger partial charge in [0.1, 0.15) is 54.1 Å². The number of phenolic OH excluding ortho intramolecular Hbond substituents is 1. The highest BCUT2D eigenvalue weighted by molar-refractivity contribution is 8.76. The van der Waals surface area contributed by atoms with Gasteiger partial charge in [-0.05, 0) is 68.6 Å². The normalized spacial score (nSPS) is 22.2. The van der Waals surface area contributed by atoms with Crippen molar-refractivity contribution in [2.45, 2.75) is 141 Å². The van der Waals surface area contributed by atoms with Gasteiger partial charge < -0.3 is 81.4 Å². The molecule has 1 aromatic rings. The van der Waals surface area contributed by atoms with E-state index in [1.807, 2.05) is 13.8 Å². The lowest BCUT2D eigenvalue weighted by atomic mass is 9.96. The number of aliphatic hydroxyl groups excluding tert-OH is 1. The van der Waals surface area contributed by atoms with Crippen LogP contribution in [0.4, 0.5) is 0 Å². The molecule has 0 bridgehead atoms. The number of aliphatic hydroxyl groups is 1. The Hall–Kier alpha value is -6.55. The van der Waals surface area contributed by atoms with Crippen LogP contribution in [-0.4, -0.2) is 154 Å². The van der Waals surface area contributed by atoms with E-state index in [9.17, 15) is 53.4 Å². The number of nitrogens with one attached hydrogen (secondary N) is 8. The zero-order valence-corrected chi connectivity index (χ0v) is 43.7. The predicted molar refractivity (Wildman–Crippen MR) is 277 cm³/mol. The van der Waals surface area contributed by atoms with Gasteiger partial charge in [0.15, 0.2) is 11.9 Å². The molecule has 1 aromatic carbocycles. The largest absolute Gasteiger partial charge is 0.508 e. The molecule has 1 fully saturated rings. The summed E-state index contributed by atoms with van der Waals surface area (Å²) in [6.07, 6.45) is -1.17. The third-order valence-electron chi connectivity index (χ3n) is 11.3. The fourth-order valence-corrected chi connectivity index (χ4v) is 9.46. The number of hydrogen-bond acceptors (Lipinski definition) is 15. The van der Waals surface area contributed by atoms with Gasteiger partial charge in [-0.3, -0.25) is 53.1 Å². The van der Waals surface area contributed by atoms with E-state index in [0.29, 0.717) is 12.0 Å². The van der Waals surface area contributed by atoms with Gasteiger partial charge >= 0.3 is 0 Å². The number of nitrogens with two attached hydrogens (primary N) is 5. The first-order valence-electron chi connectivity index (χ1n) is 23.8. The number of guanidine groups is 2. The van der Waals surface area contributed by atoms with Crippen LogP contribution in [0.25, 0.3) is 0 Å². The second-order valence-corrected chi connectivity index (χ2v) is 20.6. The molecule has 28 heteroatoms. The van der Waals surface area contributed by atoms with Gasteiger partial charge in [0.2, 0.25) is 53.2 Å². The fraction of sp³-hybridized carbons (Fsp3) is 0.622. The average molecular weight is 1070 g/mol. The summed E-state index contributed by atoms with van der Waals surface area (Å²) in [5.41, 5.74) is 28.2. The Morgan fingerprint density at radius 3 is 1.85 bits per heavy atom. The van der Waals surface area contributed by atoms with Gasteiger partial charge in [0, 0.05) is 37.9 Å². The van der Waals surface area contributed by atoms with E-state index in [4.69, 9.17) is 28.7 Å². The highest BCUT2D eigenvalue weighted by Crippen LogP contribution is 2.24. The van der Waals surface area contributed by atoms with Gasteiger partial charge in [-0.15, -0.1) is 0 Å². The lowest BCUT2D eigenvalue weighted by Gasteiger charge is -2.31. The van der Waals surface area contributed by atoms with Crippen molar-refractivity contribution in [1.29, 1.82) is 0 Å². The molecule has 0 aromatic heterocycles. The molecule has 0 spiro atoms. The number of carbonyl (C=O) groups excluding carboxylic acids is 9. The Kier molecular flexibility index (Phi) is 27.3. The topological polar surface area (TPSA) is 445 Å². The minimum Gasteiger partial charge on any atom is -0.508 e. The molecule has 26 nitrogen and oxygen atoms in total. The van der Waals surface area contributed by atoms with Gasteiger partial charge in [0.25, 0.3) is 0 Å². The van der Waals surface area contributed by atoms with Crippen LogP contribution in [0, 0.1) is 11.8 Å². The van der Waals surface area contributed by atoms with Gasteiger partial charge in [-0.25, -0.2) is 0 Å². The third kappa shape index (κ3) is 23.3. The number of aliphatic imine (C=N–C) groups is 2. The number of primary amides is 1. The molecule has 1 aliphatic rings. The second kappa shape index (κ2) is 31.8. The van der Waals surface area contributed by atoms with Crippen LogP contribution < -0.4 is 71.2 Å². The molecule has 2 rings (SSSR count). The van der Waals surface area contributed by atoms with Crippen molar-refractivity contribution in [3.63, 3.8) is 0 Å². The summed E-state index contributed by atoms with van der Waals surface area (Å²) < 4.78 is 0. The van der Waals surface area contributed by atoms with Crippen molar-refractivity contribution in [3.05, 3.63) is 29.8 Å². The zero-order valence-electron chi connectivity index (χ0n) is 42.1. The first-order chi connectivity index (χ1) is 34.3. The van der Waals surface area contributed by atoms with E-state index < -0.39 is 114 Å². The third-order valence-corrected chi connectivity index (χ3v) is 13.7. The molecule has 73 heavy (non-hydrogen) atoms. The summed E-state index contributed by atoms with van der Waals surface area (Å²) in [6, 6.07) is -5.23. The van der Waals surface area contributed by atoms with Crippen LogP contribution in [0.15, 0.2) is 34.3 Å². The fourth-order valence-electron chi connectivity index (χ4n) is 7.14. The van der Waals surface area contributed by atoms with Gasteiger partial charge in [-0.1, -0.05) is 67.8 Å². The van der Waals surface area contributed by atoms with Crippen LogP contribution >= 0.6 is 21.6 Å². The highest BCUT2D eigenvalue weighted by atomic mass is 33.1. The molecule has 0 aliphatic carbocycles. The Balaban J connectivity index is 2.73. The van der Waals surface area contributed by atoms with Crippen molar-refractivity contribution in [2.75, 3.05) is 24.6 Å². The lowest BCUT2D eigenvalue weighted by molar-refractivity contribution is -0.137. The van der Waals surface area contributed by atoms with Crippen LogP contribution in [0.2, 0.25) is 0 Å². The SMILES string of the molecule is CC[C@H](C)[C@@H]1NC(=O)[C@H](CC(C)C)NC(=O)[C@H](NC(C)=O)CSSC[C@H](C(=O)N[C@@H](CCCN=C(N)N)C(=O)N[C@@H](Cc2ccc(O)cc2)C(N)=O)NC(=O)C(CCCN=C(N)N)NC(=O)[C@H]([C@@H](C)O)NC1=O. The maximum Gasteiger partial charge on any atom is 0.245 e. The van der Waals surface area contributed by atoms with Crippen molar-refractivity contribution in [3.8, 4) is 5.75 Å². The molecule has 1 unspecified atom stereocenters. The van der Waals surface area contributed by atoms with E-state index in [-0.39, 0.29) is 86.7 Å². The molecular formula is C45H75N15O11S2. The monoisotopic (exact) mass is 1070 g/mol. The number of amides is 9. The molecule has 9 amide bonds. The number of phenols is 1. The number of aromatic hydroxyl groups is 1. The molecule has 10 atom stereocenters. The molecule has 0 saturated carbocycles. The number of benzene rings is 1. The molecule has 1 heterocycles. The molecule has 20 N–H and O–H groups in total. The minimum atomic E-state index is -1.69. The maximum absolute atomic E-state index is 14.5. The van der Waals surface area contributed by atoms with Crippen LogP contribution in [0.3, 0.4) is 0 Å². The van der Waals surface area contributed by atoms with Gasteiger partial charge in [-0.2, -0.15) is 0 Å². The van der Waals surface area contributed by atoms with Crippen molar-refractivity contribution < 1.29 is 53.4 Å². The molecule has 408 valence electrons. The molecule has 1 saturated heterocycles. The Labute approximate surface area is 432 Å². The van der Waals surface area contributed by atoms with E-state index in [1.54, 1.807) is 13.8 Å².